The van der Waals surface area contributed by atoms with E-state index in [1.807, 2.05) is 23.2 Å². The van der Waals surface area contributed by atoms with Gasteiger partial charge in [-0.05, 0) is 12.8 Å². The van der Waals surface area contributed by atoms with Crippen LogP contribution in [-0.4, -0.2) is 16.0 Å². The lowest BCUT2D eigenvalue weighted by Gasteiger charge is -2.17. The molecule has 2 rings (SSSR count). The zero-order valence-corrected chi connectivity index (χ0v) is 10.8. The number of thiazole rings is 1. The highest BCUT2D eigenvalue weighted by molar-refractivity contribution is 7.07. The van der Waals surface area contributed by atoms with E-state index in [2.05, 4.69) is 4.99 Å². The molecule has 1 saturated carbocycles. The summed E-state index contributed by atoms with van der Waals surface area (Å²) in [5, 5.41) is 1.91. The standard InChI is InChI=1S/C10H15N3OS.ClH/c1-13-6-7-15-9(13)12-8(14)10(11)4-2-3-5-10;/h6-7H,2-5,11H2,1H3;1H. The van der Waals surface area contributed by atoms with E-state index in [9.17, 15) is 4.79 Å². The van der Waals surface area contributed by atoms with Crippen molar-refractivity contribution in [1.82, 2.24) is 4.57 Å². The number of hydrogen-bond donors (Lipinski definition) is 1. The molecule has 1 aliphatic carbocycles. The summed E-state index contributed by atoms with van der Waals surface area (Å²) in [6.07, 6.45) is 5.49. The van der Waals surface area contributed by atoms with Crippen LogP contribution in [0.5, 0.6) is 0 Å². The van der Waals surface area contributed by atoms with E-state index in [4.69, 9.17) is 5.73 Å². The molecule has 16 heavy (non-hydrogen) atoms. The predicted octanol–water partition coefficient (Wildman–Crippen LogP) is 1.21. The van der Waals surface area contributed by atoms with E-state index < -0.39 is 5.54 Å². The van der Waals surface area contributed by atoms with Gasteiger partial charge in [0.25, 0.3) is 5.91 Å². The van der Waals surface area contributed by atoms with Crippen LogP contribution in [0.3, 0.4) is 0 Å². The minimum Gasteiger partial charge on any atom is -0.327 e. The summed E-state index contributed by atoms with van der Waals surface area (Å²) in [4.78, 5) is 16.7. The van der Waals surface area contributed by atoms with Crippen molar-refractivity contribution in [1.29, 1.82) is 0 Å². The predicted molar refractivity (Wildman–Crippen MR) is 66.5 cm³/mol. The lowest BCUT2D eigenvalue weighted by Crippen LogP contribution is -2.45. The molecule has 0 radical (unpaired) electrons. The first-order valence-corrected chi connectivity index (χ1v) is 5.98. The molecule has 0 bridgehead atoms. The van der Waals surface area contributed by atoms with Crippen LogP contribution in [0.25, 0.3) is 0 Å². The van der Waals surface area contributed by atoms with Gasteiger partial charge in [0.2, 0.25) is 0 Å². The topological polar surface area (TPSA) is 60.4 Å². The molecule has 0 aromatic carbocycles. The number of halogens is 1. The van der Waals surface area contributed by atoms with Crippen molar-refractivity contribution >= 4 is 29.7 Å². The fraction of sp³-hybridized carbons (Fsp3) is 0.600. The van der Waals surface area contributed by atoms with Crippen molar-refractivity contribution in [2.24, 2.45) is 17.8 Å². The van der Waals surface area contributed by atoms with Gasteiger partial charge in [-0.2, -0.15) is 4.99 Å². The molecular weight excluding hydrogens is 246 g/mol. The highest BCUT2D eigenvalue weighted by Crippen LogP contribution is 2.28. The van der Waals surface area contributed by atoms with Gasteiger partial charge in [0.1, 0.15) is 0 Å². The molecule has 1 heterocycles. The normalized spacial score (nSPS) is 19.5. The molecule has 6 heteroatoms. The fourth-order valence-electron chi connectivity index (χ4n) is 1.85. The van der Waals surface area contributed by atoms with Crippen LogP contribution in [0.2, 0.25) is 0 Å². The third-order valence-electron chi connectivity index (χ3n) is 2.88. The molecule has 1 aromatic heterocycles. The van der Waals surface area contributed by atoms with E-state index in [1.54, 1.807) is 0 Å². The Balaban J connectivity index is 0.00000128. The Labute approximate surface area is 105 Å². The summed E-state index contributed by atoms with van der Waals surface area (Å²) in [5.74, 6) is -0.168. The Morgan fingerprint density at radius 3 is 2.69 bits per heavy atom. The zero-order valence-electron chi connectivity index (χ0n) is 9.18. The SMILES string of the molecule is Cl.Cn1ccsc1=NC(=O)C1(N)CCCC1. The molecule has 1 aromatic rings. The lowest BCUT2D eigenvalue weighted by molar-refractivity contribution is -0.123. The van der Waals surface area contributed by atoms with Gasteiger partial charge in [0.05, 0.1) is 5.54 Å². The van der Waals surface area contributed by atoms with Gasteiger partial charge in [-0.15, -0.1) is 23.7 Å². The number of carbonyl (C=O) groups is 1. The van der Waals surface area contributed by atoms with Crippen molar-refractivity contribution in [3.8, 4) is 0 Å². The highest BCUT2D eigenvalue weighted by Gasteiger charge is 2.36. The van der Waals surface area contributed by atoms with E-state index in [0.717, 1.165) is 30.5 Å². The first kappa shape index (κ1) is 13.4. The maximum atomic E-state index is 11.9. The van der Waals surface area contributed by atoms with E-state index in [1.165, 1.54) is 11.3 Å². The minimum atomic E-state index is -0.697. The van der Waals surface area contributed by atoms with Gasteiger partial charge in [0.15, 0.2) is 4.80 Å². The molecule has 1 amide bonds. The molecule has 0 spiro atoms. The second kappa shape index (κ2) is 5.12. The van der Waals surface area contributed by atoms with Gasteiger partial charge in [0, 0.05) is 18.6 Å². The van der Waals surface area contributed by atoms with Crippen molar-refractivity contribution in [3.05, 3.63) is 16.4 Å². The van der Waals surface area contributed by atoms with Crippen LogP contribution >= 0.6 is 23.7 Å². The average molecular weight is 262 g/mol. The molecule has 2 N–H and O–H groups in total. The molecule has 1 aliphatic rings. The summed E-state index contributed by atoms with van der Waals surface area (Å²) >= 11 is 1.46. The third kappa shape index (κ3) is 2.53. The van der Waals surface area contributed by atoms with Gasteiger partial charge in [-0.3, -0.25) is 4.79 Å². The number of amides is 1. The van der Waals surface area contributed by atoms with Crippen LogP contribution in [0.1, 0.15) is 25.7 Å². The van der Waals surface area contributed by atoms with Crippen LogP contribution in [0, 0.1) is 0 Å². The first-order valence-electron chi connectivity index (χ1n) is 5.10. The quantitative estimate of drug-likeness (QED) is 0.826. The van der Waals surface area contributed by atoms with E-state index >= 15 is 0 Å². The Kier molecular flexibility index (Phi) is 4.29. The zero-order chi connectivity index (χ0) is 10.9. The van der Waals surface area contributed by atoms with Crippen LogP contribution in [0.4, 0.5) is 0 Å². The van der Waals surface area contributed by atoms with Gasteiger partial charge < -0.3 is 10.3 Å². The number of carbonyl (C=O) groups excluding carboxylic acids is 1. The Hall–Kier alpha value is -0.650. The summed E-state index contributed by atoms with van der Waals surface area (Å²) in [7, 11) is 1.88. The smallest absolute Gasteiger partial charge is 0.268 e. The number of hydrogen-bond acceptors (Lipinski definition) is 3. The van der Waals surface area contributed by atoms with Crippen LogP contribution in [-0.2, 0) is 11.8 Å². The maximum Gasteiger partial charge on any atom is 0.268 e. The first-order chi connectivity index (χ1) is 7.12. The molecule has 0 atom stereocenters. The van der Waals surface area contributed by atoms with Gasteiger partial charge in [-0.25, -0.2) is 0 Å². The fourth-order valence-corrected chi connectivity index (χ4v) is 2.58. The Morgan fingerprint density at radius 2 is 2.19 bits per heavy atom. The highest BCUT2D eigenvalue weighted by atomic mass is 35.5. The molecule has 0 unspecified atom stereocenters. The third-order valence-corrected chi connectivity index (χ3v) is 3.73. The van der Waals surface area contributed by atoms with Crippen molar-refractivity contribution in [2.45, 2.75) is 31.2 Å². The van der Waals surface area contributed by atoms with Crippen molar-refractivity contribution < 1.29 is 4.79 Å². The maximum absolute atomic E-state index is 11.9. The van der Waals surface area contributed by atoms with Crippen molar-refractivity contribution in [2.75, 3.05) is 0 Å². The minimum absolute atomic E-state index is 0. The van der Waals surface area contributed by atoms with E-state index in [0.29, 0.717) is 0 Å². The van der Waals surface area contributed by atoms with Gasteiger partial charge in [-0.1, -0.05) is 12.8 Å². The molecule has 90 valence electrons. The Bertz CT molecular complexity index is 431. The van der Waals surface area contributed by atoms with Crippen LogP contribution in [0.15, 0.2) is 16.6 Å². The molecule has 0 aliphatic heterocycles. The van der Waals surface area contributed by atoms with Gasteiger partial charge >= 0.3 is 0 Å². The molecule has 1 fully saturated rings. The van der Waals surface area contributed by atoms with Crippen molar-refractivity contribution in [3.63, 3.8) is 0 Å². The summed E-state index contributed by atoms with van der Waals surface area (Å²) in [6, 6.07) is 0. The number of aromatic nitrogens is 1. The number of rotatable bonds is 1. The number of aryl methyl sites for hydroxylation is 1. The second-order valence-electron chi connectivity index (χ2n) is 4.08. The second-order valence-corrected chi connectivity index (χ2v) is 4.95. The summed E-state index contributed by atoms with van der Waals surface area (Å²) < 4.78 is 1.83. The average Bonchev–Trinajstić information content (AvgIpc) is 2.78. The Morgan fingerprint density at radius 1 is 1.56 bits per heavy atom. The monoisotopic (exact) mass is 261 g/mol. The van der Waals surface area contributed by atoms with E-state index in [-0.39, 0.29) is 18.3 Å². The number of nitrogens with two attached hydrogens (primary N) is 1. The molecular formula is C10H16ClN3OS. The lowest BCUT2D eigenvalue weighted by atomic mass is 9.99. The summed E-state index contributed by atoms with van der Waals surface area (Å²) in [5.41, 5.74) is 5.32. The number of nitrogens with zero attached hydrogens (tertiary/aromatic N) is 2. The van der Waals surface area contributed by atoms with Crippen LogP contribution < -0.4 is 10.5 Å². The molecule has 4 nitrogen and oxygen atoms in total. The largest absolute Gasteiger partial charge is 0.327 e. The molecule has 0 saturated heterocycles. The summed E-state index contributed by atoms with van der Waals surface area (Å²) in [6.45, 7) is 0.